The van der Waals surface area contributed by atoms with Gasteiger partial charge >= 0.3 is 0 Å². The number of benzene rings is 1. The van der Waals surface area contributed by atoms with E-state index < -0.39 is 6.10 Å². The SMILES string of the molecule is CC(O)c1cccc(C(C)(C)C)c1O. The van der Waals surface area contributed by atoms with Gasteiger partial charge in [-0.25, -0.2) is 0 Å². The third-order valence-corrected chi connectivity index (χ3v) is 2.33. The molecule has 1 aromatic rings. The summed E-state index contributed by atoms with van der Waals surface area (Å²) in [5.74, 6) is 0.218. The minimum absolute atomic E-state index is 0.102. The Morgan fingerprint density at radius 1 is 1.21 bits per heavy atom. The topological polar surface area (TPSA) is 40.5 Å². The molecule has 0 aromatic heterocycles. The Hall–Kier alpha value is -1.02. The summed E-state index contributed by atoms with van der Waals surface area (Å²) in [4.78, 5) is 0. The maximum absolute atomic E-state index is 9.93. The van der Waals surface area contributed by atoms with Gasteiger partial charge in [0.1, 0.15) is 5.75 Å². The second-order valence-corrected chi connectivity index (χ2v) is 4.67. The number of aliphatic hydroxyl groups is 1. The summed E-state index contributed by atoms with van der Waals surface area (Å²) >= 11 is 0. The fourth-order valence-corrected chi connectivity index (χ4v) is 1.50. The number of para-hydroxylation sites is 1. The second kappa shape index (κ2) is 3.62. The molecule has 0 aliphatic heterocycles. The Kier molecular flexibility index (Phi) is 2.86. The Morgan fingerprint density at radius 3 is 2.21 bits per heavy atom. The van der Waals surface area contributed by atoms with Crippen molar-refractivity contribution in [1.82, 2.24) is 0 Å². The van der Waals surface area contributed by atoms with E-state index in [1.165, 1.54) is 0 Å². The van der Waals surface area contributed by atoms with Crippen molar-refractivity contribution in [3.8, 4) is 5.75 Å². The van der Waals surface area contributed by atoms with Crippen LogP contribution in [0.2, 0.25) is 0 Å². The number of aromatic hydroxyl groups is 1. The number of rotatable bonds is 1. The van der Waals surface area contributed by atoms with Crippen molar-refractivity contribution in [2.24, 2.45) is 0 Å². The molecule has 1 aromatic carbocycles. The van der Waals surface area contributed by atoms with E-state index in [-0.39, 0.29) is 11.2 Å². The van der Waals surface area contributed by atoms with Gasteiger partial charge in [-0.05, 0) is 17.9 Å². The third-order valence-electron chi connectivity index (χ3n) is 2.33. The molecule has 2 nitrogen and oxygen atoms in total. The molecule has 0 amide bonds. The van der Waals surface area contributed by atoms with E-state index in [0.717, 1.165) is 5.56 Å². The van der Waals surface area contributed by atoms with Crippen LogP contribution in [0.25, 0.3) is 0 Å². The highest BCUT2D eigenvalue weighted by Gasteiger charge is 2.20. The van der Waals surface area contributed by atoms with E-state index >= 15 is 0 Å². The monoisotopic (exact) mass is 194 g/mol. The maximum atomic E-state index is 9.93. The van der Waals surface area contributed by atoms with Gasteiger partial charge in [0.25, 0.3) is 0 Å². The van der Waals surface area contributed by atoms with E-state index in [0.29, 0.717) is 5.56 Å². The van der Waals surface area contributed by atoms with Crippen molar-refractivity contribution < 1.29 is 10.2 Å². The van der Waals surface area contributed by atoms with Crippen LogP contribution < -0.4 is 0 Å². The summed E-state index contributed by atoms with van der Waals surface area (Å²) in [7, 11) is 0. The Labute approximate surface area is 85.2 Å². The standard InChI is InChI=1S/C12H18O2/c1-8(13)9-6-5-7-10(11(9)14)12(2,3)4/h5-8,13-14H,1-4H3. The van der Waals surface area contributed by atoms with Gasteiger partial charge < -0.3 is 10.2 Å². The molecule has 1 rings (SSSR count). The van der Waals surface area contributed by atoms with Gasteiger partial charge in [-0.3, -0.25) is 0 Å². The first-order valence-electron chi connectivity index (χ1n) is 4.84. The van der Waals surface area contributed by atoms with Gasteiger partial charge in [0.05, 0.1) is 6.10 Å². The molecular formula is C12H18O2. The van der Waals surface area contributed by atoms with E-state index in [2.05, 4.69) is 0 Å². The van der Waals surface area contributed by atoms with Crippen molar-refractivity contribution in [1.29, 1.82) is 0 Å². The molecule has 1 atom stereocenters. The lowest BCUT2D eigenvalue weighted by atomic mass is 9.85. The highest BCUT2D eigenvalue weighted by Crippen LogP contribution is 2.35. The molecule has 0 spiro atoms. The van der Waals surface area contributed by atoms with Crippen molar-refractivity contribution in [3.63, 3.8) is 0 Å². The van der Waals surface area contributed by atoms with Gasteiger partial charge in [0.15, 0.2) is 0 Å². The van der Waals surface area contributed by atoms with Gasteiger partial charge in [-0.1, -0.05) is 39.0 Å². The smallest absolute Gasteiger partial charge is 0.125 e. The summed E-state index contributed by atoms with van der Waals surface area (Å²) in [6, 6.07) is 5.50. The normalized spacial score (nSPS) is 14.1. The zero-order chi connectivity index (χ0) is 10.9. The van der Waals surface area contributed by atoms with E-state index in [4.69, 9.17) is 0 Å². The summed E-state index contributed by atoms with van der Waals surface area (Å²) in [5, 5.41) is 19.4. The van der Waals surface area contributed by atoms with Crippen molar-refractivity contribution in [2.75, 3.05) is 0 Å². The number of aliphatic hydroxyl groups excluding tert-OH is 1. The molecule has 0 aliphatic rings. The maximum Gasteiger partial charge on any atom is 0.125 e. The molecule has 2 N–H and O–H groups in total. The average Bonchev–Trinajstić information content (AvgIpc) is 2.01. The van der Waals surface area contributed by atoms with Crippen LogP contribution in [0.4, 0.5) is 0 Å². The summed E-state index contributed by atoms with van der Waals surface area (Å²) in [6.07, 6.45) is -0.628. The lowest BCUT2D eigenvalue weighted by Crippen LogP contribution is -2.12. The number of phenolic OH excluding ortho intramolecular Hbond substituents is 1. The number of phenols is 1. The average molecular weight is 194 g/mol. The summed E-state index contributed by atoms with van der Waals surface area (Å²) < 4.78 is 0. The van der Waals surface area contributed by atoms with Crippen LogP contribution >= 0.6 is 0 Å². The van der Waals surface area contributed by atoms with Crippen molar-refractivity contribution in [2.45, 2.75) is 39.2 Å². The van der Waals surface area contributed by atoms with Crippen LogP contribution in [0.1, 0.15) is 44.9 Å². The first-order chi connectivity index (χ1) is 6.34. The van der Waals surface area contributed by atoms with Gasteiger partial charge in [0, 0.05) is 5.56 Å². The highest BCUT2D eigenvalue weighted by molar-refractivity contribution is 5.44. The van der Waals surface area contributed by atoms with E-state index in [1.807, 2.05) is 32.9 Å². The van der Waals surface area contributed by atoms with Crippen molar-refractivity contribution in [3.05, 3.63) is 29.3 Å². The molecule has 1 unspecified atom stereocenters. The summed E-state index contributed by atoms with van der Waals surface area (Å²) in [5.41, 5.74) is 1.36. The predicted octanol–water partition coefficient (Wildman–Crippen LogP) is 2.74. The predicted molar refractivity (Wildman–Crippen MR) is 57.4 cm³/mol. The number of hydrogen-bond donors (Lipinski definition) is 2. The molecule has 0 bridgehead atoms. The molecular weight excluding hydrogens is 176 g/mol. The largest absolute Gasteiger partial charge is 0.507 e. The Bertz CT molecular complexity index is 322. The second-order valence-electron chi connectivity index (χ2n) is 4.67. The molecule has 78 valence electrons. The number of hydrogen-bond acceptors (Lipinski definition) is 2. The summed E-state index contributed by atoms with van der Waals surface area (Å²) in [6.45, 7) is 7.76. The van der Waals surface area contributed by atoms with Crippen LogP contribution in [0.3, 0.4) is 0 Å². The van der Waals surface area contributed by atoms with Gasteiger partial charge in [-0.2, -0.15) is 0 Å². The quantitative estimate of drug-likeness (QED) is 0.721. The van der Waals surface area contributed by atoms with E-state index in [9.17, 15) is 10.2 Å². The lowest BCUT2D eigenvalue weighted by Gasteiger charge is -2.22. The Balaban J connectivity index is 3.28. The van der Waals surface area contributed by atoms with Crippen LogP contribution in [0, 0.1) is 0 Å². The molecule has 0 radical (unpaired) electrons. The molecule has 2 heteroatoms. The zero-order valence-electron chi connectivity index (χ0n) is 9.20. The van der Waals surface area contributed by atoms with Gasteiger partial charge in [-0.15, -0.1) is 0 Å². The minimum atomic E-state index is -0.628. The van der Waals surface area contributed by atoms with Gasteiger partial charge in [0.2, 0.25) is 0 Å². The molecule has 0 aliphatic carbocycles. The Morgan fingerprint density at radius 2 is 1.79 bits per heavy atom. The lowest BCUT2D eigenvalue weighted by molar-refractivity contribution is 0.194. The van der Waals surface area contributed by atoms with E-state index in [1.54, 1.807) is 13.0 Å². The van der Waals surface area contributed by atoms with Crippen LogP contribution in [-0.4, -0.2) is 10.2 Å². The molecule has 0 heterocycles. The minimum Gasteiger partial charge on any atom is -0.507 e. The fraction of sp³-hybridized carbons (Fsp3) is 0.500. The zero-order valence-corrected chi connectivity index (χ0v) is 9.20. The highest BCUT2D eigenvalue weighted by atomic mass is 16.3. The van der Waals surface area contributed by atoms with Crippen molar-refractivity contribution >= 4 is 0 Å². The van der Waals surface area contributed by atoms with Crippen LogP contribution in [-0.2, 0) is 5.41 Å². The molecule has 0 saturated heterocycles. The first kappa shape index (κ1) is 11.1. The molecule has 0 fully saturated rings. The first-order valence-corrected chi connectivity index (χ1v) is 4.84. The molecule has 0 saturated carbocycles. The third kappa shape index (κ3) is 2.07. The van der Waals surface area contributed by atoms with Crippen LogP contribution in [0.15, 0.2) is 18.2 Å². The van der Waals surface area contributed by atoms with Crippen LogP contribution in [0.5, 0.6) is 5.75 Å². The fourth-order valence-electron chi connectivity index (χ4n) is 1.50. The molecule has 14 heavy (non-hydrogen) atoms.